The maximum absolute atomic E-state index is 12.9. The van der Waals surface area contributed by atoms with Gasteiger partial charge in [0.05, 0.1) is 11.2 Å². The Morgan fingerprint density at radius 1 is 1.23 bits per heavy atom. The first-order valence-corrected chi connectivity index (χ1v) is 7.30. The first kappa shape index (κ1) is 13.0. The minimum Gasteiger partial charge on any atom is -0.480 e. The molecule has 2 aromatic carbocycles. The van der Waals surface area contributed by atoms with Gasteiger partial charge in [-0.2, -0.15) is 0 Å². The molecule has 22 heavy (non-hydrogen) atoms. The number of nitrogen functional groups attached to an aromatic ring is 1. The van der Waals surface area contributed by atoms with Crippen molar-refractivity contribution in [3.05, 3.63) is 59.8 Å². The Bertz CT molecular complexity index is 870. The minimum absolute atomic E-state index is 0.0680. The van der Waals surface area contributed by atoms with Crippen molar-refractivity contribution in [3.63, 3.8) is 0 Å². The smallest absolute Gasteiger partial charge is 0.272 e. The van der Waals surface area contributed by atoms with E-state index in [-0.39, 0.29) is 5.91 Å². The molecule has 0 spiro atoms. The van der Waals surface area contributed by atoms with E-state index in [1.807, 2.05) is 55.5 Å². The Balaban J connectivity index is 1.78. The molecule has 3 aromatic rings. The molecule has 0 fully saturated rings. The number of anilines is 1. The van der Waals surface area contributed by atoms with Gasteiger partial charge in [0, 0.05) is 17.5 Å². The lowest BCUT2D eigenvalue weighted by Crippen LogP contribution is -2.31. The largest absolute Gasteiger partial charge is 0.480 e. The molecule has 0 saturated heterocycles. The van der Waals surface area contributed by atoms with Crippen LogP contribution in [0.3, 0.4) is 0 Å². The molecule has 0 radical (unpaired) electrons. The number of para-hydroxylation sites is 2. The monoisotopic (exact) mass is 292 g/mol. The van der Waals surface area contributed by atoms with Crippen molar-refractivity contribution in [3.8, 4) is 5.75 Å². The summed E-state index contributed by atoms with van der Waals surface area (Å²) in [7, 11) is 0. The van der Waals surface area contributed by atoms with Crippen molar-refractivity contribution < 1.29 is 9.53 Å². The van der Waals surface area contributed by atoms with E-state index in [1.165, 1.54) is 0 Å². The van der Waals surface area contributed by atoms with Crippen LogP contribution in [0.5, 0.6) is 5.75 Å². The summed E-state index contributed by atoms with van der Waals surface area (Å²) in [6.45, 7) is 1.92. The molecule has 1 unspecified atom stereocenters. The van der Waals surface area contributed by atoms with Crippen LogP contribution in [-0.2, 0) is 6.42 Å². The molecular formula is C18H16N2O2. The highest BCUT2D eigenvalue weighted by atomic mass is 16.5. The molecule has 0 bridgehead atoms. The molecule has 1 aliphatic rings. The summed E-state index contributed by atoms with van der Waals surface area (Å²) in [5.41, 5.74) is 9.40. The van der Waals surface area contributed by atoms with E-state index in [0.29, 0.717) is 12.1 Å². The number of aryl methyl sites for hydroxylation is 1. The van der Waals surface area contributed by atoms with E-state index >= 15 is 0 Å². The Labute approximate surface area is 128 Å². The summed E-state index contributed by atoms with van der Waals surface area (Å²) in [6.07, 6.45) is 0.104. The van der Waals surface area contributed by atoms with Crippen molar-refractivity contribution in [2.24, 2.45) is 0 Å². The number of hydrogen-bond acceptors (Lipinski definition) is 3. The molecule has 2 heterocycles. The molecule has 4 heteroatoms. The van der Waals surface area contributed by atoms with E-state index in [0.717, 1.165) is 27.9 Å². The molecular weight excluding hydrogens is 276 g/mol. The number of benzene rings is 2. The van der Waals surface area contributed by atoms with Crippen molar-refractivity contribution in [2.45, 2.75) is 19.4 Å². The Morgan fingerprint density at radius 3 is 2.86 bits per heavy atom. The Morgan fingerprint density at radius 2 is 2.05 bits per heavy atom. The summed E-state index contributed by atoms with van der Waals surface area (Å²) in [5.74, 6) is 0.726. The van der Waals surface area contributed by atoms with Crippen LogP contribution in [0.2, 0.25) is 0 Å². The first-order chi connectivity index (χ1) is 10.6. The molecule has 0 aliphatic carbocycles. The number of ether oxygens (including phenoxy) is 1. The van der Waals surface area contributed by atoms with Crippen LogP contribution >= 0.6 is 0 Å². The summed E-state index contributed by atoms with van der Waals surface area (Å²) in [4.78, 5) is 12.9. The highest BCUT2D eigenvalue weighted by molar-refractivity contribution is 6.01. The van der Waals surface area contributed by atoms with Crippen LogP contribution in [0.4, 0.5) is 5.69 Å². The third-order valence-corrected chi connectivity index (χ3v) is 4.18. The fourth-order valence-corrected chi connectivity index (χ4v) is 3.17. The number of fused-ring (bicyclic) bond motifs is 2. The molecule has 1 aliphatic heterocycles. The van der Waals surface area contributed by atoms with Gasteiger partial charge >= 0.3 is 0 Å². The zero-order valence-corrected chi connectivity index (χ0v) is 12.2. The van der Waals surface area contributed by atoms with Gasteiger partial charge in [0.2, 0.25) is 0 Å². The fourth-order valence-electron chi connectivity index (χ4n) is 3.17. The van der Waals surface area contributed by atoms with Crippen LogP contribution < -0.4 is 10.5 Å². The third kappa shape index (κ3) is 1.80. The van der Waals surface area contributed by atoms with Crippen molar-refractivity contribution >= 4 is 22.5 Å². The lowest BCUT2D eigenvalue weighted by molar-refractivity contribution is 0.0738. The maximum atomic E-state index is 12.9. The van der Waals surface area contributed by atoms with Gasteiger partial charge < -0.3 is 10.5 Å². The van der Waals surface area contributed by atoms with E-state index in [1.54, 1.807) is 4.57 Å². The normalized spacial score (nSPS) is 16.5. The topological polar surface area (TPSA) is 57.2 Å². The summed E-state index contributed by atoms with van der Waals surface area (Å²) >= 11 is 0. The Hall–Kier alpha value is -2.75. The summed E-state index contributed by atoms with van der Waals surface area (Å²) < 4.78 is 7.51. The van der Waals surface area contributed by atoms with Gasteiger partial charge in [-0.15, -0.1) is 0 Å². The molecule has 4 nitrogen and oxygen atoms in total. The van der Waals surface area contributed by atoms with Crippen LogP contribution in [0.1, 0.15) is 16.1 Å². The van der Waals surface area contributed by atoms with Crippen molar-refractivity contribution in [1.82, 2.24) is 4.57 Å². The zero-order valence-electron chi connectivity index (χ0n) is 12.2. The predicted octanol–water partition coefficient (Wildman–Crippen LogP) is 3.18. The number of hydrogen-bond donors (Lipinski definition) is 1. The maximum Gasteiger partial charge on any atom is 0.272 e. The van der Waals surface area contributed by atoms with E-state index in [2.05, 4.69) is 0 Å². The molecule has 1 atom stereocenters. The number of nitrogens with zero attached hydrogens (tertiary/aromatic N) is 1. The van der Waals surface area contributed by atoms with Gasteiger partial charge in [0.15, 0.2) is 6.10 Å². The molecule has 0 amide bonds. The fraction of sp³-hybridized carbons (Fsp3) is 0.167. The van der Waals surface area contributed by atoms with Crippen molar-refractivity contribution in [2.75, 3.05) is 5.73 Å². The zero-order chi connectivity index (χ0) is 15.3. The molecule has 0 saturated carbocycles. The van der Waals surface area contributed by atoms with Crippen LogP contribution in [0.25, 0.3) is 10.9 Å². The molecule has 110 valence electrons. The number of aromatic nitrogens is 1. The van der Waals surface area contributed by atoms with Crippen LogP contribution in [0.15, 0.2) is 48.5 Å². The van der Waals surface area contributed by atoms with Gasteiger partial charge in [0.25, 0.3) is 5.91 Å². The molecule has 1 aromatic heterocycles. The second-order valence-electron chi connectivity index (χ2n) is 5.66. The lowest BCUT2D eigenvalue weighted by Gasteiger charge is -2.13. The van der Waals surface area contributed by atoms with Gasteiger partial charge in [-0.1, -0.05) is 30.3 Å². The number of rotatable bonds is 1. The Kier molecular flexibility index (Phi) is 2.73. The van der Waals surface area contributed by atoms with Crippen molar-refractivity contribution in [1.29, 1.82) is 0 Å². The number of carbonyl (C=O) groups is 1. The summed E-state index contributed by atoms with van der Waals surface area (Å²) in [5, 5.41) is 0.973. The molecule has 4 rings (SSSR count). The van der Waals surface area contributed by atoms with Gasteiger partial charge in [-0.25, -0.2) is 0 Å². The SMILES string of the molecule is Cc1cc2cccc(N)c2n1C(=O)C1Cc2ccccc2O1. The first-order valence-electron chi connectivity index (χ1n) is 7.30. The highest BCUT2D eigenvalue weighted by Gasteiger charge is 2.31. The quantitative estimate of drug-likeness (QED) is 0.701. The van der Waals surface area contributed by atoms with E-state index in [9.17, 15) is 4.79 Å². The van der Waals surface area contributed by atoms with Gasteiger partial charge in [-0.05, 0) is 30.7 Å². The van der Waals surface area contributed by atoms with Gasteiger partial charge in [0.1, 0.15) is 5.75 Å². The molecule has 2 N–H and O–H groups in total. The average molecular weight is 292 g/mol. The van der Waals surface area contributed by atoms with Crippen LogP contribution in [0, 0.1) is 6.92 Å². The standard InChI is InChI=1S/C18H16N2O2/c1-11-9-13-6-4-7-14(19)17(13)20(11)18(21)16-10-12-5-2-3-8-15(12)22-16/h2-9,16H,10,19H2,1H3. The second-order valence-corrected chi connectivity index (χ2v) is 5.66. The highest BCUT2D eigenvalue weighted by Crippen LogP contribution is 2.31. The summed E-state index contributed by atoms with van der Waals surface area (Å²) in [6, 6.07) is 15.4. The van der Waals surface area contributed by atoms with E-state index in [4.69, 9.17) is 10.5 Å². The lowest BCUT2D eigenvalue weighted by atomic mass is 10.1. The second kappa shape index (κ2) is 4.63. The minimum atomic E-state index is -0.494. The number of carbonyl (C=O) groups excluding carboxylic acids is 1. The third-order valence-electron chi connectivity index (χ3n) is 4.18. The van der Waals surface area contributed by atoms with Gasteiger partial charge in [-0.3, -0.25) is 9.36 Å². The predicted molar refractivity (Wildman–Crippen MR) is 86.3 cm³/mol. The average Bonchev–Trinajstić information content (AvgIpc) is 3.07. The van der Waals surface area contributed by atoms with Crippen LogP contribution in [-0.4, -0.2) is 16.6 Å². The number of nitrogens with two attached hydrogens (primary N) is 1. The van der Waals surface area contributed by atoms with E-state index < -0.39 is 6.10 Å².